The molecule has 0 saturated heterocycles. The summed E-state index contributed by atoms with van der Waals surface area (Å²) in [5.41, 5.74) is 0. The molecule has 0 aliphatic heterocycles. The van der Waals surface area contributed by atoms with E-state index in [-0.39, 0.29) is 18.2 Å². The number of hydrogen-bond acceptors (Lipinski definition) is 3. The van der Waals surface area contributed by atoms with Crippen molar-refractivity contribution in [3.63, 3.8) is 0 Å². The van der Waals surface area contributed by atoms with E-state index in [1.165, 1.54) is 14.0 Å². The zero-order valence-electron chi connectivity index (χ0n) is 5.75. The molecule has 0 heterocycles. The van der Waals surface area contributed by atoms with Gasteiger partial charge in [-0.1, -0.05) is 0 Å². The Labute approximate surface area is 65.0 Å². The number of nitrogens with one attached hydrogen (secondary N) is 1. The van der Waals surface area contributed by atoms with E-state index >= 15 is 0 Å². The SMILES string of the molecule is CN[C@@H](C(C)=O)C(=O)O.Cl. The Hall–Kier alpha value is -0.610. The first kappa shape index (κ1) is 12.1. The van der Waals surface area contributed by atoms with Crippen LogP contribution in [0.4, 0.5) is 0 Å². The van der Waals surface area contributed by atoms with E-state index in [2.05, 4.69) is 5.32 Å². The quantitative estimate of drug-likeness (QED) is 0.565. The fraction of sp³-hybridized carbons (Fsp3) is 0.600. The highest BCUT2D eigenvalue weighted by Crippen LogP contribution is 1.82. The molecule has 0 bridgehead atoms. The van der Waals surface area contributed by atoms with Gasteiger partial charge in [0.05, 0.1) is 0 Å². The normalized spacial score (nSPS) is 11.4. The van der Waals surface area contributed by atoms with Crippen LogP contribution >= 0.6 is 12.4 Å². The molecular weight excluding hydrogens is 158 g/mol. The van der Waals surface area contributed by atoms with Gasteiger partial charge >= 0.3 is 5.97 Å². The van der Waals surface area contributed by atoms with Crippen LogP contribution in [-0.4, -0.2) is 29.9 Å². The Morgan fingerprint density at radius 3 is 1.90 bits per heavy atom. The maximum atomic E-state index is 10.4. The molecule has 0 rings (SSSR count). The van der Waals surface area contributed by atoms with Crippen molar-refractivity contribution in [3.8, 4) is 0 Å². The number of ketones is 1. The van der Waals surface area contributed by atoms with Gasteiger partial charge < -0.3 is 10.4 Å². The van der Waals surface area contributed by atoms with Gasteiger partial charge in [-0.15, -0.1) is 12.4 Å². The highest BCUT2D eigenvalue weighted by atomic mass is 35.5. The number of Topliss-reactive ketones (excluding diaryl/α,β-unsaturated/α-hetero) is 1. The van der Waals surface area contributed by atoms with Gasteiger partial charge in [0.2, 0.25) is 0 Å². The van der Waals surface area contributed by atoms with Crippen molar-refractivity contribution in [2.45, 2.75) is 13.0 Å². The van der Waals surface area contributed by atoms with E-state index in [9.17, 15) is 9.59 Å². The molecule has 0 spiro atoms. The molecule has 0 aromatic heterocycles. The van der Waals surface area contributed by atoms with Gasteiger partial charge in [0.15, 0.2) is 11.8 Å². The fourth-order valence-corrected chi connectivity index (χ4v) is 0.501. The van der Waals surface area contributed by atoms with Gasteiger partial charge in [0.1, 0.15) is 0 Å². The minimum Gasteiger partial charge on any atom is -0.480 e. The van der Waals surface area contributed by atoms with E-state index in [1.807, 2.05) is 0 Å². The predicted octanol–water partition coefficient (Wildman–Crippen LogP) is -0.330. The minimum atomic E-state index is -1.13. The molecule has 2 N–H and O–H groups in total. The third-order valence-corrected chi connectivity index (χ3v) is 0.942. The van der Waals surface area contributed by atoms with Crippen LogP contribution in [0.5, 0.6) is 0 Å². The van der Waals surface area contributed by atoms with Crippen molar-refractivity contribution in [2.24, 2.45) is 0 Å². The van der Waals surface area contributed by atoms with Crippen molar-refractivity contribution >= 4 is 24.2 Å². The van der Waals surface area contributed by atoms with Crippen LogP contribution in [0.1, 0.15) is 6.92 Å². The summed E-state index contributed by atoms with van der Waals surface area (Å²) in [6.45, 7) is 1.23. The van der Waals surface area contributed by atoms with Gasteiger partial charge in [-0.25, -0.2) is 0 Å². The Bertz CT molecular complexity index is 123. The molecule has 0 radical (unpaired) electrons. The maximum absolute atomic E-state index is 10.4. The first-order valence-corrected chi connectivity index (χ1v) is 2.50. The van der Waals surface area contributed by atoms with E-state index in [4.69, 9.17) is 5.11 Å². The van der Waals surface area contributed by atoms with Gasteiger partial charge in [-0.2, -0.15) is 0 Å². The number of carbonyl (C=O) groups excluding carboxylic acids is 1. The van der Waals surface area contributed by atoms with Gasteiger partial charge in [0.25, 0.3) is 0 Å². The second kappa shape index (κ2) is 5.20. The Kier molecular flexibility index (Phi) is 6.29. The van der Waals surface area contributed by atoms with E-state index in [0.717, 1.165) is 0 Å². The fourth-order valence-electron chi connectivity index (χ4n) is 0.501. The number of halogens is 1. The summed E-state index contributed by atoms with van der Waals surface area (Å²) >= 11 is 0. The molecule has 60 valence electrons. The molecule has 4 nitrogen and oxygen atoms in total. The summed E-state index contributed by atoms with van der Waals surface area (Å²) in [5, 5.41) is 10.6. The highest BCUT2D eigenvalue weighted by Gasteiger charge is 2.18. The lowest BCUT2D eigenvalue weighted by atomic mass is 10.2. The lowest BCUT2D eigenvalue weighted by Crippen LogP contribution is -2.39. The average Bonchev–Trinajstić information content (AvgIpc) is 1.64. The highest BCUT2D eigenvalue weighted by molar-refractivity contribution is 6.00. The standard InChI is InChI=1S/C5H9NO3.ClH/c1-3(7)4(6-2)5(8)9;/h4,6H,1-2H3,(H,8,9);1H/t4-;/m0./s1. The number of carboxylic acid groups (broad SMARTS) is 1. The van der Waals surface area contributed by atoms with E-state index < -0.39 is 12.0 Å². The monoisotopic (exact) mass is 167 g/mol. The third-order valence-electron chi connectivity index (χ3n) is 0.942. The molecule has 10 heavy (non-hydrogen) atoms. The van der Waals surface area contributed by atoms with Crippen molar-refractivity contribution < 1.29 is 14.7 Å². The number of carboxylic acids is 1. The first-order valence-electron chi connectivity index (χ1n) is 2.50. The maximum Gasteiger partial charge on any atom is 0.328 e. The smallest absolute Gasteiger partial charge is 0.328 e. The second-order valence-electron chi connectivity index (χ2n) is 1.67. The number of likely N-dealkylation sites (N-methyl/N-ethyl adjacent to an activating group) is 1. The third kappa shape index (κ3) is 3.42. The largest absolute Gasteiger partial charge is 0.480 e. The average molecular weight is 168 g/mol. The lowest BCUT2D eigenvalue weighted by Gasteiger charge is -2.04. The Balaban J connectivity index is 0. The summed E-state index contributed by atoms with van der Waals surface area (Å²) in [6.07, 6.45) is 0. The Morgan fingerprint density at radius 1 is 1.50 bits per heavy atom. The summed E-state index contributed by atoms with van der Waals surface area (Å²) in [7, 11) is 1.43. The lowest BCUT2D eigenvalue weighted by molar-refractivity contribution is -0.142. The van der Waals surface area contributed by atoms with Crippen LogP contribution in [-0.2, 0) is 9.59 Å². The van der Waals surface area contributed by atoms with Crippen molar-refractivity contribution in [3.05, 3.63) is 0 Å². The summed E-state index contributed by atoms with van der Waals surface area (Å²) < 4.78 is 0. The van der Waals surface area contributed by atoms with Crippen LogP contribution in [0.25, 0.3) is 0 Å². The number of hydrogen-bond donors (Lipinski definition) is 2. The molecule has 0 aliphatic carbocycles. The number of aliphatic carboxylic acids is 1. The molecule has 0 fully saturated rings. The zero-order valence-corrected chi connectivity index (χ0v) is 6.57. The van der Waals surface area contributed by atoms with E-state index in [1.54, 1.807) is 0 Å². The van der Waals surface area contributed by atoms with Crippen LogP contribution in [0.3, 0.4) is 0 Å². The molecule has 5 heteroatoms. The molecule has 0 saturated carbocycles. The summed E-state index contributed by atoms with van der Waals surface area (Å²) in [6, 6.07) is -1.05. The van der Waals surface area contributed by atoms with Crippen LogP contribution in [0.2, 0.25) is 0 Å². The van der Waals surface area contributed by atoms with E-state index in [0.29, 0.717) is 0 Å². The van der Waals surface area contributed by atoms with Gasteiger partial charge in [-0.05, 0) is 14.0 Å². The first-order chi connectivity index (χ1) is 4.09. The molecule has 0 aliphatic rings. The summed E-state index contributed by atoms with van der Waals surface area (Å²) in [4.78, 5) is 20.5. The number of rotatable bonds is 3. The second-order valence-corrected chi connectivity index (χ2v) is 1.67. The van der Waals surface area contributed by atoms with Gasteiger partial charge in [0, 0.05) is 0 Å². The predicted molar refractivity (Wildman–Crippen MR) is 38.4 cm³/mol. The minimum absolute atomic E-state index is 0. The molecule has 1 atom stereocenters. The van der Waals surface area contributed by atoms with Crippen molar-refractivity contribution in [1.82, 2.24) is 5.32 Å². The van der Waals surface area contributed by atoms with Crippen LogP contribution < -0.4 is 5.32 Å². The summed E-state index contributed by atoms with van der Waals surface area (Å²) in [5.74, 6) is -1.52. The Morgan fingerprint density at radius 2 is 1.90 bits per heavy atom. The molecular formula is C5H10ClNO3. The van der Waals surface area contributed by atoms with Crippen molar-refractivity contribution in [2.75, 3.05) is 7.05 Å². The topological polar surface area (TPSA) is 66.4 Å². The zero-order chi connectivity index (χ0) is 7.44. The molecule has 0 aromatic carbocycles. The van der Waals surface area contributed by atoms with Gasteiger partial charge in [-0.3, -0.25) is 9.59 Å². The van der Waals surface area contributed by atoms with Crippen LogP contribution in [0.15, 0.2) is 0 Å². The molecule has 0 aromatic rings. The van der Waals surface area contributed by atoms with Crippen LogP contribution in [0, 0.1) is 0 Å². The number of carbonyl (C=O) groups is 2. The molecule has 0 unspecified atom stereocenters. The van der Waals surface area contributed by atoms with Crippen molar-refractivity contribution in [1.29, 1.82) is 0 Å². The molecule has 0 amide bonds.